The van der Waals surface area contributed by atoms with Gasteiger partial charge < -0.3 is 19.5 Å². The fourth-order valence-electron chi connectivity index (χ4n) is 2.93. The number of nitrogens with one attached hydrogen (secondary N) is 1. The van der Waals surface area contributed by atoms with Crippen molar-refractivity contribution in [2.45, 2.75) is 6.42 Å². The van der Waals surface area contributed by atoms with E-state index in [0.717, 1.165) is 5.56 Å². The fourth-order valence-corrected chi connectivity index (χ4v) is 2.93. The zero-order chi connectivity index (χ0) is 17.8. The highest BCUT2D eigenvalue weighted by Crippen LogP contribution is 2.22. The number of H-pyrrole nitrogens is 1. The molecule has 25 heavy (non-hydrogen) atoms. The Kier molecular flexibility index (Phi) is 5.02. The second-order valence-electron chi connectivity index (χ2n) is 5.91. The minimum atomic E-state index is -0.482. The minimum Gasteiger partial charge on any atom is -0.496 e. The van der Waals surface area contributed by atoms with Gasteiger partial charge in [0.1, 0.15) is 11.6 Å². The summed E-state index contributed by atoms with van der Waals surface area (Å²) in [4.78, 5) is 31.2. The van der Waals surface area contributed by atoms with Gasteiger partial charge in [-0.05, 0) is 29.8 Å². The van der Waals surface area contributed by atoms with Gasteiger partial charge >= 0.3 is 0 Å². The predicted molar refractivity (Wildman–Crippen MR) is 89.9 cm³/mol. The number of carbonyl (C=O) groups is 2. The smallest absolute Gasteiger partial charge is 0.257 e. The second-order valence-corrected chi connectivity index (χ2v) is 5.91. The van der Waals surface area contributed by atoms with E-state index in [1.807, 2.05) is 6.07 Å². The van der Waals surface area contributed by atoms with E-state index in [9.17, 15) is 14.0 Å². The maximum absolute atomic E-state index is 13.5. The van der Waals surface area contributed by atoms with E-state index in [1.54, 1.807) is 22.2 Å². The molecule has 132 valence electrons. The van der Waals surface area contributed by atoms with Crippen molar-refractivity contribution in [3.05, 3.63) is 53.6 Å². The standard InChI is InChI=1S/C18H20FN3O3/c1-25-16-3-2-14(19)11-15(16)18(24)22-8-6-21(7-9-22)17(23)10-13-4-5-20-12-13/h2-5,11-12,20H,6-10H2,1H3. The van der Waals surface area contributed by atoms with Gasteiger partial charge in [0.25, 0.3) is 5.91 Å². The summed E-state index contributed by atoms with van der Waals surface area (Å²) in [7, 11) is 1.45. The first-order chi connectivity index (χ1) is 12.1. The summed E-state index contributed by atoms with van der Waals surface area (Å²) >= 11 is 0. The van der Waals surface area contributed by atoms with Crippen LogP contribution in [0.3, 0.4) is 0 Å². The van der Waals surface area contributed by atoms with Gasteiger partial charge in [0, 0.05) is 38.6 Å². The van der Waals surface area contributed by atoms with E-state index in [4.69, 9.17) is 4.74 Å². The summed E-state index contributed by atoms with van der Waals surface area (Å²) in [6.07, 6.45) is 3.93. The van der Waals surface area contributed by atoms with Crippen LogP contribution in [0.1, 0.15) is 15.9 Å². The molecule has 6 nitrogen and oxygen atoms in total. The number of ether oxygens (including phenoxy) is 1. The molecule has 0 radical (unpaired) electrons. The largest absolute Gasteiger partial charge is 0.496 e. The molecule has 0 atom stereocenters. The number of hydrogen-bond acceptors (Lipinski definition) is 3. The molecular weight excluding hydrogens is 325 g/mol. The molecule has 1 aliphatic rings. The summed E-state index contributed by atoms with van der Waals surface area (Å²) in [5.74, 6) is -0.383. The van der Waals surface area contributed by atoms with E-state index in [0.29, 0.717) is 38.3 Å². The van der Waals surface area contributed by atoms with Gasteiger partial charge in [-0.2, -0.15) is 0 Å². The molecule has 0 spiro atoms. The topological polar surface area (TPSA) is 65.6 Å². The highest BCUT2D eigenvalue weighted by atomic mass is 19.1. The van der Waals surface area contributed by atoms with Gasteiger partial charge in [-0.15, -0.1) is 0 Å². The van der Waals surface area contributed by atoms with Crippen LogP contribution in [0.5, 0.6) is 5.75 Å². The molecule has 7 heteroatoms. The Morgan fingerprint density at radius 3 is 2.52 bits per heavy atom. The van der Waals surface area contributed by atoms with E-state index in [2.05, 4.69) is 4.98 Å². The number of amides is 2. The molecule has 0 saturated carbocycles. The van der Waals surface area contributed by atoms with Crippen LogP contribution in [0, 0.1) is 5.82 Å². The van der Waals surface area contributed by atoms with Crippen molar-refractivity contribution in [1.82, 2.24) is 14.8 Å². The number of carbonyl (C=O) groups excluding carboxylic acids is 2. The predicted octanol–water partition coefficient (Wildman–Crippen LogP) is 1.69. The van der Waals surface area contributed by atoms with Gasteiger partial charge in [-0.3, -0.25) is 9.59 Å². The monoisotopic (exact) mass is 345 g/mol. The molecule has 2 aromatic rings. The maximum Gasteiger partial charge on any atom is 0.257 e. The van der Waals surface area contributed by atoms with Crippen LogP contribution in [-0.2, 0) is 11.2 Å². The zero-order valence-corrected chi connectivity index (χ0v) is 14.0. The minimum absolute atomic E-state index is 0.0371. The zero-order valence-electron chi connectivity index (χ0n) is 14.0. The molecule has 1 saturated heterocycles. The molecule has 2 heterocycles. The third-order valence-corrected chi connectivity index (χ3v) is 4.33. The number of rotatable bonds is 4. The van der Waals surface area contributed by atoms with Gasteiger partial charge in [-0.1, -0.05) is 0 Å². The second kappa shape index (κ2) is 7.38. The quantitative estimate of drug-likeness (QED) is 0.917. The Morgan fingerprint density at radius 2 is 1.88 bits per heavy atom. The van der Waals surface area contributed by atoms with Crippen LogP contribution < -0.4 is 4.74 Å². The first kappa shape index (κ1) is 17.0. The van der Waals surface area contributed by atoms with Crippen LogP contribution >= 0.6 is 0 Å². The normalized spacial score (nSPS) is 14.5. The van der Waals surface area contributed by atoms with Crippen molar-refractivity contribution in [3.8, 4) is 5.75 Å². The number of nitrogens with zero attached hydrogens (tertiary/aromatic N) is 2. The van der Waals surface area contributed by atoms with Crippen LogP contribution in [0.25, 0.3) is 0 Å². The molecule has 1 aromatic carbocycles. The number of aromatic nitrogens is 1. The van der Waals surface area contributed by atoms with Crippen LogP contribution in [0.4, 0.5) is 4.39 Å². The first-order valence-corrected chi connectivity index (χ1v) is 8.10. The van der Waals surface area contributed by atoms with Crippen molar-refractivity contribution in [2.75, 3.05) is 33.3 Å². The molecule has 0 aliphatic carbocycles. The molecule has 1 aliphatic heterocycles. The maximum atomic E-state index is 13.5. The number of methoxy groups -OCH3 is 1. The number of aromatic amines is 1. The van der Waals surface area contributed by atoms with E-state index >= 15 is 0 Å². The fraction of sp³-hybridized carbons (Fsp3) is 0.333. The lowest BCUT2D eigenvalue weighted by Gasteiger charge is -2.35. The van der Waals surface area contributed by atoms with Crippen molar-refractivity contribution >= 4 is 11.8 Å². The van der Waals surface area contributed by atoms with Crippen molar-refractivity contribution in [2.24, 2.45) is 0 Å². The average molecular weight is 345 g/mol. The Balaban J connectivity index is 1.61. The van der Waals surface area contributed by atoms with Crippen LogP contribution in [-0.4, -0.2) is 59.9 Å². The summed E-state index contributed by atoms with van der Waals surface area (Å²) in [6.45, 7) is 1.76. The van der Waals surface area contributed by atoms with Crippen molar-refractivity contribution in [1.29, 1.82) is 0 Å². The highest BCUT2D eigenvalue weighted by molar-refractivity contribution is 5.97. The summed E-state index contributed by atoms with van der Waals surface area (Å²) in [5.41, 5.74) is 1.14. The molecule has 1 N–H and O–H groups in total. The van der Waals surface area contributed by atoms with Crippen LogP contribution in [0.2, 0.25) is 0 Å². The lowest BCUT2D eigenvalue weighted by atomic mass is 10.1. The van der Waals surface area contributed by atoms with E-state index < -0.39 is 5.82 Å². The lowest BCUT2D eigenvalue weighted by molar-refractivity contribution is -0.131. The van der Waals surface area contributed by atoms with Crippen LogP contribution in [0.15, 0.2) is 36.7 Å². The van der Waals surface area contributed by atoms with Gasteiger partial charge in [0.15, 0.2) is 0 Å². The average Bonchev–Trinajstić information content (AvgIpc) is 3.14. The van der Waals surface area contributed by atoms with Crippen molar-refractivity contribution in [3.63, 3.8) is 0 Å². The summed E-state index contributed by atoms with van der Waals surface area (Å²) < 4.78 is 18.6. The molecule has 1 aromatic heterocycles. The van der Waals surface area contributed by atoms with E-state index in [1.165, 1.54) is 25.3 Å². The van der Waals surface area contributed by atoms with Crippen molar-refractivity contribution < 1.29 is 18.7 Å². The molecular formula is C18H20FN3O3. The SMILES string of the molecule is COc1ccc(F)cc1C(=O)N1CCN(C(=O)Cc2cc[nH]c2)CC1. The third-order valence-electron chi connectivity index (χ3n) is 4.33. The first-order valence-electron chi connectivity index (χ1n) is 8.10. The number of hydrogen-bond donors (Lipinski definition) is 1. The third kappa shape index (κ3) is 3.81. The molecule has 1 fully saturated rings. The Morgan fingerprint density at radius 1 is 1.16 bits per heavy atom. The summed E-state index contributed by atoms with van der Waals surface area (Å²) in [5, 5.41) is 0. The Hall–Kier alpha value is -2.83. The molecule has 0 bridgehead atoms. The van der Waals surface area contributed by atoms with Gasteiger partial charge in [0.05, 0.1) is 19.1 Å². The number of piperazine rings is 1. The van der Waals surface area contributed by atoms with E-state index in [-0.39, 0.29) is 17.4 Å². The number of benzene rings is 1. The molecule has 2 amide bonds. The Labute approximate surface area is 145 Å². The van der Waals surface area contributed by atoms with Gasteiger partial charge in [-0.25, -0.2) is 4.39 Å². The molecule has 3 rings (SSSR count). The lowest BCUT2D eigenvalue weighted by Crippen LogP contribution is -2.51. The number of halogens is 1. The highest BCUT2D eigenvalue weighted by Gasteiger charge is 2.26. The summed E-state index contributed by atoms with van der Waals surface area (Å²) in [6, 6.07) is 5.75. The Bertz CT molecular complexity index is 753. The van der Waals surface area contributed by atoms with Gasteiger partial charge in [0.2, 0.25) is 5.91 Å². The molecule has 0 unspecified atom stereocenters.